The summed E-state index contributed by atoms with van der Waals surface area (Å²) >= 11 is 0. The van der Waals surface area contributed by atoms with Crippen molar-refractivity contribution >= 4 is 8.96 Å². The number of rotatable bonds is 3. The monoisotopic (exact) mass is 175 g/mol. The lowest BCUT2D eigenvalue weighted by atomic mass is 9.85. The maximum absolute atomic E-state index is 10.3. The van der Waals surface area contributed by atoms with E-state index in [9.17, 15) is 4.89 Å². The Morgan fingerprint density at radius 3 is 2.45 bits per heavy atom. The molecule has 0 spiro atoms. The summed E-state index contributed by atoms with van der Waals surface area (Å²) in [7, 11) is -0.736. The third-order valence-electron chi connectivity index (χ3n) is 2.73. The van der Waals surface area contributed by atoms with Crippen molar-refractivity contribution in [3.8, 4) is 0 Å². The molecule has 0 radical (unpaired) electrons. The minimum Gasteiger partial charge on any atom is -0.669 e. The van der Waals surface area contributed by atoms with Gasteiger partial charge < -0.3 is 4.89 Å². The van der Waals surface area contributed by atoms with Gasteiger partial charge in [0.15, 0.2) is 0 Å². The van der Waals surface area contributed by atoms with Crippen molar-refractivity contribution in [1.82, 2.24) is 5.09 Å². The SMILES string of the molecule is CCC1CCC(N[PH2+][O-])CC1. The average Bonchev–Trinajstić information content (AvgIpc) is 2.07. The normalized spacial score (nSPS) is 33.3. The highest BCUT2D eigenvalue weighted by atomic mass is 31.1. The highest BCUT2D eigenvalue weighted by Crippen LogP contribution is 2.27. The molecule has 0 saturated heterocycles. The van der Waals surface area contributed by atoms with Crippen molar-refractivity contribution in [3.63, 3.8) is 0 Å². The Morgan fingerprint density at radius 2 is 2.00 bits per heavy atom. The Hall–Kier alpha value is 0.350. The molecule has 0 amide bonds. The van der Waals surface area contributed by atoms with Crippen LogP contribution < -0.4 is 9.98 Å². The van der Waals surface area contributed by atoms with E-state index in [1.807, 2.05) is 0 Å². The fraction of sp³-hybridized carbons (Fsp3) is 1.00. The largest absolute Gasteiger partial charge is 0.669 e. The molecule has 3 heteroatoms. The summed E-state index contributed by atoms with van der Waals surface area (Å²) in [5.74, 6) is 0.940. The minimum atomic E-state index is -0.736. The van der Waals surface area contributed by atoms with Crippen molar-refractivity contribution in [2.75, 3.05) is 0 Å². The molecule has 0 aliphatic heterocycles. The second kappa shape index (κ2) is 5.08. The van der Waals surface area contributed by atoms with Gasteiger partial charge >= 0.3 is 0 Å². The van der Waals surface area contributed by atoms with Crippen LogP contribution in [-0.4, -0.2) is 6.04 Å². The molecule has 0 heterocycles. The topological polar surface area (TPSA) is 35.1 Å². The van der Waals surface area contributed by atoms with Crippen LogP contribution in [0.4, 0.5) is 0 Å². The van der Waals surface area contributed by atoms with Gasteiger partial charge in [0.2, 0.25) is 0 Å². The fourth-order valence-corrected chi connectivity index (χ4v) is 2.36. The summed E-state index contributed by atoms with van der Waals surface area (Å²) in [6, 6.07) is 0.560. The maximum Gasteiger partial charge on any atom is 0.0406 e. The smallest absolute Gasteiger partial charge is 0.0406 e. The zero-order valence-corrected chi connectivity index (χ0v) is 8.33. The Morgan fingerprint density at radius 1 is 1.36 bits per heavy atom. The van der Waals surface area contributed by atoms with Crippen LogP contribution in [0.15, 0.2) is 0 Å². The van der Waals surface area contributed by atoms with Crippen LogP contribution in [0.1, 0.15) is 39.0 Å². The molecular weight excluding hydrogens is 157 g/mol. The van der Waals surface area contributed by atoms with Gasteiger partial charge in [0.05, 0.1) is 0 Å². The van der Waals surface area contributed by atoms with Gasteiger partial charge in [-0.3, -0.25) is 0 Å². The summed E-state index contributed by atoms with van der Waals surface area (Å²) in [4.78, 5) is 10.3. The zero-order valence-electron chi connectivity index (χ0n) is 7.18. The first-order valence-electron chi connectivity index (χ1n) is 4.56. The minimum absolute atomic E-state index is 0.560. The molecule has 1 aliphatic rings. The Labute approximate surface area is 70.7 Å². The van der Waals surface area contributed by atoms with E-state index in [-0.39, 0.29) is 0 Å². The molecule has 66 valence electrons. The lowest BCUT2D eigenvalue weighted by molar-refractivity contribution is -0.153. The van der Waals surface area contributed by atoms with Gasteiger partial charge in [0.1, 0.15) is 0 Å². The first-order chi connectivity index (χ1) is 5.36. The third kappa shape index (κ3) is 3.06. The molecule has 2 nitrogen and oxygen atoms in total. The van der Waals surface area contributed by atoms with Crippen molar-refractivity contribution in [2.24, 2.45) is 5.92 Å². The predicted molar refractivity (Wildman–Crippen MR) is 48.9 cm³/mol. The Bertz CT molecular complexity index is 102. The summed E-state index contributed by atoms with van der Waals surface area (Å²) in [6.45, 7) is 2.26. The van der Waals surface area contributed by atoms with Crippen LogP contribution in [0.3, 0.4) is 0 Å². The second-order valence-corrected chi connectivity index (χ2v) is 3.98. The van der Waals surface area contributed by atoms with Crippen LogP contribution in [-0.2, 0) is 0 Å². The van der Waals surface area contributed by atoms with Gasteiger partial charge in [-0.2, -0.15) is 5.09 Å². The third-order valence-corrected chi connectivity index (χ3v) is 3.34. The Kier molecular flexibility index (Phi) is 4.36. The van der Waals surface area contributed by atoms with E-state index in [4.69, 9.17) is 0 Å². The molecule has 0 aromatic heterocycles. The van der Waals surface area contributed by atoms with E-state index in [2.05, 4.69) is 12.0 Å². The van der Waals surface area contributed by atoms with Crippen molar-refractivity contribution in [2.45, 2.75) is 45.1 Å². The lowest BCUT2D eigenvalue weighted by Crippen LogP contribution is -2.29. The molecule has 0 aromatic carbocycles. The van der Waals surface area contributed by atoms with Crippen molar-refractivity contribution in [1.29, 1.82) is 0 Å². The van der Waals surface area contributed by atoms with E-state index >= 15 is 0 Å². The van der Waals surface area contributed by atoms with Crippen LogP contribution in [0.5, 0.6) is 0 Å². The molecule has 1 rings (SSSR count). The first kappa shape index (κ1) is 9.44. The van der Waals surface area contributed by atoms with Crippen LogP contribution >= 0.6 is 8.96 Å². The fourth-order valence-electron chi connectivity index (χ4n) is 1.83. The molecule has 1 N–H and O–H groups in total. The average molecular weight is 175 g/mol. The second-order valence-electron chi connectivity index (χ2n) is 3.41. The van der Waals surface area contributed by atoms with Gasteiger partial charge in [0, 0.05) is 15.0 Å². The van der Waals surface area contributed by atoms with Gasteiger partial charge in [-0.1, -0.05) is 13.3 Å². The molecule has 1 atom stereocenters. The summed E-state index contributed by atoms with van der Waals surface area (Å²) in [6.07, 6.45) is 6.43. The van der Waals surface area contributed by atoms with Crippen LogP contribution in [0.2, 0.25) is 0 Å². The molecular formula is C8H18NOP. The van der Waals surface area contributed by atoms with Gasteiger partial charge in [-0.25, -0.2) is 0 Å². The summed E-state index contributed by atoms with van der Waals surface area (Å²) in [5, 5.41) is 3.06. The van der Waals surface area contributed by atoms with Gasteiger partial charge in [-0.05, 0) is 31.6 Å². The summed E-state index contributed by atoms with van der Waals surface area (Å²) in [5.41, 5.74) is 0. The number of nitrogens with one attached hydrogen (secondary N) is 1. The number of hydrogen-bond acceptors (Lipinski definition) is 2. The molecule has 1 unspecified atom stereocenters. The van der Waals surface area contributed by atoms with Gasteiger partial charge in [0.25, 0.3) is 0 Å². The number of hydrogen-bond donors (Lipinski definition) is 1. The quantitative estimate of drug-likeness (QED) is 0.653. The lowest BCUT2D eigenvalue weighted by Gasteiger charge is -2.26. The highest BCUT2D eigenvalue weighted by molar-refractivity contribution is 7.26. The van der Waals surface area contributed by atoms with Crippen molar-refractivity contribution < 1.29 is 4.89 Å². The van der Waals surface area contributed by atoms with E-state index in [1.54, 1.807) is 0 Å². The van der Waals surface area contributed by atoms with Crippen molar-refractivity contribution in [3.05, 3.63) is 0 Å². The molecule has 1 saturated carbocycles. The zero-order chi connectivity index (χ0) is 8.10. The molecule has 1 fully saturated rings. The highest BCUT2D eigenvalue weighted by Gasteiger charge is 2.19. The maximum atomic E-state index is 10.3. The predicted octanol–water partition coefficient (Wildman–Crippen LogP) is 1.15. The van der Waals surface area contributed by atoms with Crippen LogP contribution in [0.25, 0.3) is 0 Å². The van der Waals surface area contributed by atoms with E-state index < -0.39 is 8.96 Å². The van der Waals surface area contributed by atoms with E-state index in [0.717, 1.165) is 5.92 Å². The molecule has 0 aromatic rings. The molecule has 11 heavy (non-hydrogen) atoms. The van der Waals surface area contributed by atoms with E-state index in [0.29, 0.717) is 6.04 Å². The standard InChI is InChI=1S/C8H18NOP/c1-2-7-3-5-8(6-4-7)9-11-10/h7-9H,2-6,11H2,1H3. The first-order valence-corrected chi connectivity index (χ1v) is 5.61. The Balaban J connectivity index is 2.14. The van der Waals surface area contributed by atoms with Crippen LogP contribution in [0, 0.1) is 5.92 Å². The van der Waals surface area contributed by atoms with E-state index in [1.165, 1.54) is 32.1 Å². The molecule has 1 aliphatic carbocycles. The molecule has 0 bridgehead atoms. The van der Waals surface area contributed by atoms with Gasteiger partial charge in [-0.15, -0.1) is 0 Å². The summed E-state index contributed by atoms with van der Waals surface area (Å²) < 4.78 is 0.